The van der Waals surface area contributed by atoms with Crippen LogP contribution in [0, 0.1) is 30.6 Å². The Hall–Kier alpha value is -2.19. The van der Waals surface area contributed by atoms with Gasteiger partial charge in [0, 0.05) is 17.9 Å². The van der Waals surface area contributed by atoms with Crippen molar-refractivity contribution >= 4 is 5.97 Å². The van der Waals surface area contributed by atoms with Gasteiger partial charge in [-0.05, 0) is 26.0 Å². The Kier molecular flexibility index (Phi) is 5.55. The number of benzene rings is 1. The minimum Gasteiger partial charge on any atom is -0.440 e. The van der Waals surface area contributed by atoms with Gasteiger partial charge in [0.1, 0.15) is 0 Å². The van der Waals surface area contributed by atoms with E-state index >= 15 is 0 Å². The number of hydrogen-bond donors (Lipinski definition) is 0. The van der Waals surface area contributed by atoms with E-state index in [-0.39, 0.29) is 0 Å². The molecule has 2 nitrogen and oxygen atoms in total. The molecule has 0 aliphatic heterocycles. The van der Waals surface area contributed by atoms with E-state index in [2.05, 4.69) is 23.7 Å². The Bertz CT molecular complexity index is 518. The van der Waals surface area contributed by atoms with Crippen LogP contribution >= 0.6 is 0 Å². The van der Waals surface area contributed by atoms with Crippen LogP contribution in [0.25, 0.3) is 0 Å². The predicted octanol–water partition coefficient (Wildman–Crippen LogP) is 2.69. The number of rotatable bonds is 1. The van der Waals surface area contributed by atoms with E-state index in [1.807, 2.05) is 38.1 Å². The fraction of sp³-hybridized carbons (Fsp3) is 0.312. The highest BCUT2D eigenvalue weighted by Crippen LogP contribution is 2.01. The number of ether oxygens (including phenoxy) is 1. The van der Waals surface area contributed by atoms with Crippen LogP contribution in [0.4, 0.5) is 0 Å². The second-order valence-corrected chi connectivity index (χ2v) is 3.84. The molecule has 1 aromatic rings. The highest BCUT2D eigenvalue weighted by molar-refractivity contribution is 5.88. The summed E-state index contributed by atoms with van der Waals surface area (Å²) in [7, 11) is 0. The van der Waals surface area contributed by atoms with Crippen molar-refractivity contribution < 1.29 is 9.53 Å². The zero-order valence-corrected chi connectivity index (χ0v) is 10.9. The summed E-state index contributed by atoms with van der Waals surface area (Å²) in [5, 5.41) is 0. The number of aryl methyl sites for hydroxylation is 1. The lowest BCUT2D eigenvalue weighted by Crippen LogP contribution is -2.11. The molecular formula is C16H16O2. The van der Waals surface area contributed by atoms with Gasteiger partial charge in [0.2, 0.25) is 0 Å². The smallest absolute Gasteiger partial charge is 0.385 e. The molecule has 0 spiro atoms. The fourth-order valence-electron chi connectivity index (χ4n) is 1.20. The Morgan fingerprint density at radius 2 is 2.00 bits per heavy atom. The third kappa shape index (κ3) is 5.23. The third-order valence-corrected chi connectivity index (χ3v) is 2.12. The van der Waals surface area contributed by atoms with E-state index in [0.29, 0.717) is 6.42 Å². The number of hydrogen-bond acceptors (Lipinski definition) is 2. The standard InChI is InChI=1S/C16H16O2/c1-4-5-6-16(17)18-14(3)9-12-15-10-7-13(2)8-11-15/h7-8,10-11,14H,4H2,1-3H3/t14-/m1/s1. The van der Waals surface area contributed by atoms with Crippen LogP contribution in [0.1, 0.15) is 31.4 Å². The molecule has 0 aromatic heterocycles. The van der Waals surface area contributed by atoms with Gasteiger partial charge in [0.05, 0.1) is 0 Å². The van der Waals surface area contributed by atoms with E-state index in [9.17, 15) is 4.79 Å². The van der Waals surface area contributed by atoms with E-state index in [4.69, 9.17) is 4.74 Å². The highest BCUT2D eigenvalue weighted by atomic mass is 16.5. The predicted molar refractivity (Wildman–Crippen MR) is 71.7 cm³/mol. The van der Waals surface area contributed by atoms with Crippen LogP contribution in [-0.4, -0.2) is 12.1 Å². The quantitative estimate of drug-likeness (QED) is 0.428. The summed E-state index contributed by atoms with van der Waals surface area (Å²) in [6, 6.07) is 7.86. The molecule has 0 aliphatic carbocycles. The molecule has 1 rings (SSSR count). The van der Waals surface area contributed by atoms with Crippen LogP contribution in [0.5, 0.6) is 0 Å². The fourth-order valence-corrected chi connectivity index (χ4v) is 1.20. The van der Waals surface area contributed by atoms with Crippen molar-refractivity contribution in [1.29, 1.82) is 0 Å². The Morgan fingerprint density at radius 3 is 2.61 bits per heavy atom. The van der Waals surface area contributed by atoms with E-state index in [0.717, 1.165) is 5.56 Å². The molecule has 0 unspecified atom stereocenters. The second-order valence-electron chi connectivity index (χ2n) is 3.84. The molecule has 0 fully saturated rings. The average molecular weight is 240 g/mol. The van der Waals surface area contributed by atoms with E-state index in [1.54, 1.807) is 6.92 Å². The number of carbonyl (C=O) groups excluding carboxylic acids is 1. The van der Waals surface area contributed by atoms with Crippen molar-refractivity contribution in [3.8, 4) is 23.7 Å². The van der Waals surface area contributed by atoms with Crippen LogP contribution in [0.2, 0.25) is 0 Å². The molecule has 0 heterocycles. The van der Waals surface area contributed by atoms with Gasteiger partial charge in [0.15, 0.2) is 6.10 Å². The minimum absolute atomic E-state index is 0.454. The topological polar surface area (TPSA) is 26.3 Å². The third-order valence-electron chi connectivity index (χ3n) is 2.12. The largest absolute Gasteiger partial charge is 0.440 e. The summed E-state index contributed by atoms with van der Waals surface area (Å²) in [6.45, 7) is 5.63. The van der Waals surface area contributed by atoms with Gasteiger partial charge in [0.25, 0.3) is 0 Å². The number of carbonyl (C=O) groups is 1. The first-order valence-electron chi connectivity index (χ1n) is 5.89. The van der Waals surface area contributed by atoms with Crippen molar-refractivity contribution in [3.63, 3.8) is 0 Å². The molecule has 92 valence electrons. The Morgan fingerprint density at radius 1 is 1.33 bits per heavy atom. The van der Waals surface area contributed by atoms with Gasteiger partial charge in [-0.1, -0.05) is 42.4 Å². The molecule has 0 aliphatic rings. The molecule has 0 saturated carbocycles. The maximum Gasteiger partial charge on any atom is 0.385 e. The van der Waals surface area contributed by atoms with Crippen molar-refractivity contribution in [2.45, 2.75) is 33.3 Å². The molecule has 0 amide bonds. The molecule has 0 radical (unpaired) electrons. The lowest BCUT2D eigenvalue weighted by atomic mass is 10.1. The van der Waals surface area contributed by atoms with Crippen LogP contribution in [0.3, 0.4) is 0 Å². The molecule has 18 heavy (non-hydrogen) atoms. The maximum absolute atomic E-state index is 11.2. The van der Waals surface area contributed by atoms with Gasteiger partial charge >= 0.3 is 5.97 Å². The normalized spacial score (nSPS) is 10.4. The van der Waals surface area contributed by atoms with Crippen molar-refractivity contribution in [2.75, 3.05) is 0 Å². The molecule has 2 heteroatoms. The summed E-state index contributed by atoms with van der Waals surface area (Å²) < 4.78 is 5.01. The van der Waals surface area contributed by atoms with Crippen molar-refractivity contribution in [3.05, 3.63) is 35.4 Å². The first kappa shape index (κ1) is 13.9. The summed E-state index contributed by atoms with van der Waals surface area (Å²) in [6.07, 6.45) is 0.184. The van der Waals surface area contributed by atoms with Crippen LogP contribution in [0.15, 0.2) is 24.3 Å². The summed E-state index contributed by atoms with van der Waals surface area (Å²) in [5.74, 6) is 10.3. The van der Waals surface area contributed by atoms with Crippen molar-refractivity contribution in [1.82, 2.24) is 0 Å². The monoisotopic (exact) mass is 240 g/mol. The second kappa shape index (κ2) is 7.20. The van der Waals surface area contributed by atoms with E-state index < -0.39 is 12.1 Å². The molecule has 0 saturated heterocycles. The molecule has 0 N–H and O–H groups in total. The van der Waals surface area contributed by atoms with Gasteiger partial charge < -0.3 is 4.74 Å². The zero-order chi connectivity index (χ0) is 13.4. The molecule has 0 bridgehead atoms. The van der Waals surface area contributed by atoms with Crippen LogP contribution in [-0.2, 0) is 9.53 Å². The van der Waals surface area contributed by atoms with Gasteiger partial charge in [-0.2, -0.15) is 0 Å². The van der Waals surface area contributed by atoms with E-state index in [1.165, 1.54) is 5.56 Å². The zero-order valence-electron chi connectivity index (χ0n) is 10.9. The summed E-state index contributed by atoms with van der Waals surface area (Å²) in [5.41, 5.74) is 2.10. The van der Waals surface area contributed by atoms with Gasteiger partial charge in [-0.3, -0.25) is 0 Å². The summed E-state index contributed by atoms with van der Waals surface area (Å²) >= 11 is 0. The minimum atomic E-state index is -0.525. The molecule has 1 atom stereocenters. The Labute approximate surface area is 108 Å². The lowest BCUT2D eigenvalue weighted by molar-refractivity contribution is -0.138. The van der Waals surface area contributed by atoms with Gasteiger partial charge in [-0.15, -0.1) is 0 Å². The first-order chi connectivity index (χ1) is 8.61. The lowest BCUT2D eigenvalue weighted by Gasteiger charge is -2.02. The Balaban J connectivity index is 2.57. The van der Waals surface area contributed by atoms with Crippen molar-refractivity contribution in [2.24, 2.45) is 0 Å². The molecular weight excluding hydrogens is 224 g/mol. The number of esters is 1. The SMILES string of the molecule is CCC#CC(=O)O[C@H](C)C#Cc1ccc(C)cc1. The van der Waals surface area contributed by atoms with Gasteiger partial charge in [-0.25, -0.2) is 4.79 Å². The highest BCUT2D eigenvalue weighted by Gasteiger charge is 2.02. The summed E-state index contributed by atoms with van der Waals surface area (Å²) in [4.78, 5) is 11.2. The first-order valence-corrected chi connectivity index (χ1v) is 5.89. The molecule has 1 aromatic carbocycles. The maximum atomic E-state index is 11.2. The average Bonchev–Trinajstić information content (AvgIpc) is 2.35. The van der Waals surface area contributed by atoms with Crippen LogP contribution < -0.4 is 0 Å².